The number of fused-ring (bicyclic) bond motifs is 6. The van der Waals surface area contributed by atoms with E-state index in [0.717, 1.165) is 16.7 Å². The molecule has 0 aromatic heterocycles. The Labute approximate surface area is 259 Å². The number of benzene rings is 4. The number of rotatable bonds is 3. The Morgan fingerprint density at radius 2 is 1.69 bits per heavy atom. The standard InChI is InChI=1S/C35H31FN2O7/c1-42-30-13-8-24-19-31(30)44-17-3-15-37-33(39)28-20-26(10-12-29(28)36)45-25-9-11-27-23(18-25)14-16-38(32(24)27)34(40)21-4-6-22(7-5-21)35(41)43-2/h4-13,18-20,32H,3,14-17H2,1-2H3,(H,37,39). The Bertz CT molecular complexity index is 1770. The summed E-state index contributed by atoms with van der Waals surface area (Å²) in [5, 5.41) is 2.73. The van der Waals surface area contributed by atoms with Gasteiger partial charge in [-0.05, 0) is 96.3 Å². The monoisotopic (exact) mass is 610 g/mol. The van der Waals surface area contributed by atoms with Crippen molar-refractivity contribution in [3.05, 3.63) is 118 Å². The van der Waals surface area contributed by atoms with Gasteiger partial charge in [-0.15, -0.1) is 0 Å². The molecular weight excluding hydrogens is 579 g/mol. The Morgan fingerprint density at radius 1 is 0.933 bits per heavy atom. The van der Waals surface area contributed by atoms with Crippen molar-refractivity contribution >= 4 is 17.8 Å². The van der Waals surface area contributed by atoms with Gasteiger partial charge in [-0.1, -0.05) is 12.1 Å². The Kier molecular flexibility index (Phi) is 8.37. The number of esters is 1. The number of nitrogens with one attached hydrogen (secondary N) is 1. The van der Waals surface area contributed by atoms with Gasteiger partial charge in [-0.25, -0.2) is 9.18 Å². The van der Waals surface area contributed by atoms with Crippen molar-refractivity contribution in [2.45, 2.75) is 18.9 Å². The van der Waals surface area contributed by atoms with Gasteiger partial charge in [0.05, 0.1) is 38.0 Å². The smallest absolute Gasteiger partial charge is 0.337 e. The molecule has 4 aromatic rings. The van der Waals surface area contributed by atoms with E-state index in [1.807, 2.05) is 29.2 Å². The number of carbonyl (C=O) groups excluding carboxylic acids is 3. The molecule has 0 spiro atoms. The van der Waals surface area contributed by atoms with E-state index in [4.69, 9.17) is 18.9 Å². The second-order valence-corrected chi connectivity index (χ2v) is 10.7. The molecule has 0 radical (unpaired) electrons. The summed E-state index contributed by atoms with van der Waals surface area (Å²) in [6.07, 6.45) is 1.00. The van der Waals surface area contributed by atoms with Crippen molar-refractivity contribution < 1.29 is 37.7 Å². The molecule has 230 valence electrons. The van der Waals surface area contributed by atoms with Crippen LogP contribution in [0.2, 0.25) is 0 Å². The van der Waals surface area contributed by atoms with Gasteiger partial charge >= 0.3 is 5.97 Å². The lowest BCUT2D eigenvalue weighted by atomic mass is 9.87. The fourth-order valence-electron chi connectivity index (χ4n) is 5.68. The molecular formula is C35H31FN2O7. The average molecular weight is 611 g/mol. The van der Waals surface area contributed by atoms with E-state index in [0.29, 0.717) is 53.5 Å². The summed E-state index contributed by atoms with van der Waals surface area (Å²) in [6, 6.07) is 21.2. The van der Waals surface area contributed by atoms with Crippen molar-refractivity contribution in [1.82, 2.24) is 10.2 Å². The Hall–Kier alpha value is -5.38. The van der Waals surface area contributed by atoms with Crippen LogP contribution in [0, 0.1) is 5.82 Å². The molecule has 0 fully saturated rings. The number of nitrogens with zero attached hydrogens (tertiary/aromatic N) is 1. The Morgan fingerprint density at radius 3 is 2.47 bits per heavy atom. The maximum Gasteiger partial charge on any atom is 0.337 e. The van der Waals surface area contributed by atoms with Gasteiger partial charge in [0.1, 0.15) is 17.3 Å². The summed E-state index contributed by atoms with van der Waals surface area (Å²) < 4.78 is 37.1. The highest BCUT2D eigenvalue weighted by atomic mass is 19.1. The normalized spacial score (nSPS) is 15.9. The molecule has 1 N–H and O–H groups in total. The summed E-state index contributed by atoms with van der Waals surface area (Å²) in [7, 11) is 2.86. The minimum atomic E-state index is -0.648. The summed E-state index contributed by atoms with van der Waals surface area (Å²) in [5.74, 6) is -0.0177. The lowest BCUT2D eigenvalue weighted by Crippen LogP contribution is -2.40. The van der Waals surface area contributed by atoms with Crippen molar-refractivity contribution in [2.75, 3.05) is 33.9 Å². The topological polar surface area (TPSA) is 103 Å². The molecule has 45 heavy (non-hydrogen) atoms. The van der Waals surface area contributed by atoms with Crippen LogP contribution in [-0.2, 0) is 11.2 Å². The molecule has 10 heteroatoms. The third-order valence-corrected chi connectivity index (χ3v) is 7.94. The summed E-state index contributed by atoms with van der Waals surface area (Å²) in [6.45, 7) is 0.919. The zero-order valence-corrected chi connectivity index (χ0v) is 24.8. The van der Waals surface area contributed by atoms with Crippen molar-refractivity contribution in [3.8, 4) is 23.0 Å². The fraction of sp³-hybridized carbons (Fsp3) is 0.229. The molecule has 1 unspecified atom stereocenters. The molecule has 0 saturated heterocycles. The van der Waals surface area contributed by atoms with E-state index in [1.165, 1.54) is 25.3 Å². The van der Waals surface area contributed by atoms with Crippen LogP contribution in [-0.4, -0.2) is 56.6 Å². The Balaban J connectivity index is 1.43. The molecule has 3 aliphatic heterocycles. The average Bonchev–Trinajstić information content (AvgIpc) is 3.07. The first-order chi connectivity index (χ1) is 21.9. The number of halogens is 1. The molecule has 0 aliphatic carbocycles. The number of carbonyl (C=O) groups is 3. The van der Waals surface area contributed by atoms with Gasteiger partial charge in [0.15, 0.2) is 11.5 Å². The molecule has 3 heterocycles. The SMILES string of the molecule is COC(=O)c1ccc(C(=O)N2CCc3cc4ccc3C2c2ccc(OC)c(c2)OCCCNC(=O)c2cc(ccc2F)O4)cc1. The second kappa shape index (κ2) is 12.7. The molecule has 9 nitrogen and oxygen atoms in total. The number of hydrogen-bond acceptors (Lipinski definition) is 7. The number of hydrogen-bond donors (Lipinski definition) is 1. The summed E-state index contributed by atoms with van der Waals surface area (Å²) >= 11 is 0. The lowest BCUT2D eigenvalue weighted by Gasteiger charge is -2.38. The fourth-order valence-corrected chi connectivity index (χ4v) is 5.68. The van der Waals surface area contributed by atoms with Crippen molar-refractivity contribution in [2.24, 2.45) is 0 Å². The highest BCUT2D eigenvalue weighted by Gasteiger charge is 2.34. The second-order valence-electron chi connectivity index (χ2n) is 10.7. The highest BCUT2D eigenvalue weighted by molar-refractivity contribution is 5.97. The van der Waals surface area contributed by atoms with Crippen LogP contribution in [0.3, 0.4) is 0 Å². The molecule has 4 aromatic carbocycles. The maximum atomic E-state index is 14.6. The van der Waals surface area contributed by atoms with E-state index >= 15 is 0 Å². The van der Waals surface area contributed by atoms with Crippen molar-refractivity contribution in [3.63, 3.8) is 0 Å². The van der Waals surface area contributed by atoms with Crippen LogP contribution < -0.4 is 19.5 Å². The van der Waals surface area contributed by atoms with Gasteiger partial charge in [-0.3, -0.25) is 9.59 Å². The van der Waals surface area contributed by atoms with E-state index in [-0.39, 0.29) is 24.6 Å². The highest BCUT2D eigenvalue weighted by Crippen LogP contribution is 2.41. The lowest BCUT2D eigenvalue weighted by molar-refractivity contribution is 0.0599. The van der Waals surface area contributed by atoms with E-state index in [2.05, 4.69) is 5.32 Å². The van der Waals surface area contributed by atoms with Crippen molar-refractivity contribution in [1.29, 1.82) is 0 Å². The summed E-state index contributed by atoms with van der Waals surface area (Å²) in [4.78, 5) is 40.5. The first-order valence-electron chi connectivity index (χ1n) is 14.5. The zero-order valence-electron chi connectivity index (χ0n) is 24.8. The third kappa shape index (κ3) is 6.04. The van der Waals surface area contributed by atoms with Crippen LogP contribution >= 0.6 is 0 Å². The minimum absolute atomic E-state index is 0.115. The minimum Gasteiger partial charge on any atom is -0.493 e. The summed E-state index contributed by atoms with van der Waals surface area (Å²) in [5.41, 5.74) is 3.37. The molecule has 3 aliphatic rings. The first-order valence-corrected chi connectivity index (χ1v) is 14.5. The van der Waals surface area contributed by atoms with Gasteiger partial charge in [0, 0.05) is 18.7 Å². The van der Waals surface area contributed by atoms with Gasteiger partial charge in [0.2, 0.25) is 0 Å². The largest absolute Gasteiger partial charge is 0.493 e. The quantitative estimate of drug-likeness (QED) is 0.296. The van der Waals surface area contributed by atoms with E-state index in [1.54, 1.807) is 43.5 Å². The van der Waals surface area contributed by atoms with Crippen LogP contribution in [0.4, 0.5) is 4.39 Å². The number of ether oxygens (including phenoxy) is 4. The van der Waals surface area contributed by atoms with Crippen LogP contribution in [0.15, 0.2) is 78.9 Å². The third-order valence-electron chi connectivity index (χ3n) is 7.94. The predicted octanol–water partition coefficient (Wildman–Crippen LogP) is 5.71. The van der Waals surface area contributed by atoms with Gasteiger partial charge in [0.25, 0.3) is 11.8 Å². The molecule has 7 rings (SSSR count). The molecule has 1 atom stereocenters. The van der Waals surface area contributed by atoms with E-state index in [9.17, 15) is 18.8 Å². The zero-order chi connectivity index (χ0) is 31.5. The predicted molar refractivity (Wildman–Crippen MR) is 163 cm³/mol. The maximum absolute atomic E-state index is 14.6. The first kappa shape index (κ1) is 29.7. The number of methoxy groups -OCH3 is 2. The molecule has 2 amide bonds. The molecule has 0 saturated carbocycles. The van der Waals surface area contributed by atoms with Gasteiger partial charge < -0.3 is 29.2 Å². The van der Waals surface area contributed by atoms with Gasteiger partial charge in [-0.2, -0.15) is 0 Å². The van der Waals surface area contributed by atoms with E-state index < -0.39 is 23.7 Å². The number of amides is 2. The molecule has 8 bridgehead atoms. The van der Waals surface area contributed by atoms with Crippen LogP contribution in [0.25, 0.3) is 0 Å². The van der Waals surface area contributed by atoms with Crippen LogP contribution in [0.1, 0.15) is 60.2 Å². The van der Waals surface area contributed by atoms with Crippen LogP contribution in [0.5, 0.6) is 23.0 Å².